The predicted molar refractivity (Wildman–Crippen MR) is 176 cm³/mol. The van der Waals surface area contributed by atoms with Gasteiger partial charge in [-0.25, -0.2) is 0 Å². The van der Waals surface area contributed by atoms with E-state index >= 15 is 0 Å². The van der Waals surface area contributed by atoms with Crippen LogP contribution >= 0.6 is 0 Å². The van der Waals surface area contributed by atoms with Crippen molar-refractivity contribution in [2.45, 2.75) is 89.9 Å². The third kappa shape index (κ3) is 8.08. The van der Waals surface area contributed by atoms with E-state index in [4.69, 9.17) is 9.47 Å². The Labute approximate surface area is 272 Å². The minimum Gasteiger partial charge on any atom is -0.457 e. The third-order valence-corrected chi connectivity index (χ3v) is 9.56. The number of benzene rings is 2. The topological polar surface area (TPSA) is 120 Å². The van der Waals surface area contributed by atoms with Gasteiger partial charge in [0.25, 0.3) is 0 Å². The van der Waals surface area contributed by atoms with Gasteiger partial charge in [-0.1, -0.05) is 39.3 Å². The van der Waals surface area contributed by atoms with E-state index in [1.54, 1.807) is 4.90 Å². The standard InChI is InChI=1S/C36H50N4O6/c1-4-5-18-40-34(43)32(33(42)27-14-21-45-22-15-27)38-35(44)36(40)16-19-39(20-17-36)24-26-6-10-29(11-7-26)46-30-12-8-28(9-13-30)37-31(41)23-25(2)3/h6-13,25,27,32-33,42H,4-5,14-24H2,1-3H3,(H,37,41)(H,38,44)/t32-,33-/m1/s1. The minimum atomic E-state index is -0.907. The van der Waals surface area contributed by atoms with Crippen LogP contribution in [0.4, 0.5) is 5.69 Å². The summed E-state index contributed by atoms with van der Waals surface area (Å²) in [5, 5.41) is 17.0. The molecule has 0 bridgehead atoms. The number of likely N-dealkylation sites (tertiary alicyclic amines) is 1. The first-order valence-electron chi connectivity index (χ1n) is 17.0. The average Bonchev–Trinajstić information content (AvgIpc) is 3.05. The molecule has 0 unspecified atom stereocenters. The molecule has 10 nitrogen and oxygen atoms in total. The Morgan fingerprint density at radius 3 is 2.28 bits per heavy atom. The monoisotopic (exact) mass is 634 g/mol. The van der Waals surface area contributed by atoms with Gasteiger partial charge in [-0.3, -0.25) is 19.3 Å². The molecule has 0 radical (unpaired) electrons. The number of piperazine rings is 1. The maximum Gasteiger partial charge on any atom is 0.248 e. The van der Waals surface area contributed by atoms with Crippen molar-refractivity contribution >= 4 is 23.4 Å². The molecule has 250 valence electrons. The minimum absolute atomic E-state index is 0.00189. The van der Waals surface area contributed by atoms with E-state index < -0.39 is 17.7 Å². The van der Waals surface area contributed by atoms with Crippen molar-refractivity contribution in [3.8, 4) is 11.5 Å². The summed E-state index contributed by atoms with van der Waals surface area (Å²) in [4.78, 5) is 43.7. The Kier molecular flexibility index (Phi) is 11.4. The van der Waals surface area contributed by atoms with Crippen LogP contribution in [0.5, 0.6) is 11.5 Å². The van der Waals surface area contributed by atoms with Gasteiger partial charge in [0.15, 0.2) is 0 Å². The van der Waals surface area contributed by atoms with Crippen molar-refractivity contribution in [3.63, 3.8) is 0 Å². The van der Waals surface area contributed by atoms with Crippen LogP contribution in [0.25, 0.3) is 0 Å². The number of ether oxygens (including phenoxy) is 2. The number of nitrogens with one attached hydrogen (secondary N) is 2. The zero-order chi connectivity index (χ0) is 32.7. The molecule has 2 atom stereocenters. The van der Waals surface area contributed by atoms with Crippen molar-refractivity contribution in [1.29, 1.82) is 0 Å². The van der Waals surface area contributed by atoms with Crippen molar-refractivity contribution in [2.75, 3.05) is 38.2 Å². The third-order valence-electron chi connectivity index (χ3n) is 9.56. The number of rotatable bonds is 12. The lowest BCUT2D eigenvalue weighted by Gasteiger charge is -2.52. The van der Waals surface area contributed by atoms with Crippen molar-refractivity contribution in [3.05, 3.63) is 54.1 Å². The Hall–Kier alpha value is -3.47. The summed E-state index contributed by atoms with van der Waals surface area (Å²) in [6.07, 6.45) is 3.81. The van der Waals surface area contributed by atoms with Crippen LogP contribution in [0.2, 0.25) is 0 Å². The largest absolute Gasteiger partial charge is 0.457 e. The number of aliphatic hydroxyl groups is 1. The van der Waals surface area contributed by atoms with Gasteiger partial charge in [0, 0.05) is 51.5 Å². The van der Waals surface area contributed by atoms with Crippen molar-refractivity contribution in [2.24, 2.45) is 11.8 Å². The normalized spacial score (nSPS) is 21.3. The van der Waals surface area contributed by atoms with Crippen LogP contribution < -0.4 is 15.4 Å². The van der Waals surface area contributed by atoms with Crippen LogP contribution in [0.3, 0.4) is 0 Å². The van der Waals surface area contributed by atoms with E-state index in [-0.39, 0.29) is 23.6 Å². The molecule has 10 heteroatoms. The predicted octanol–water partition coefficient (Wildman–Crippen LogP) is 4.71. The molecule has 5 rings (SSSR count). The fourth-order valence-corrected chi connectivity index (χ4v) is 6.86. The number of aliphatic hydroxyl groups excluding tert-OH is 1. The molecule has 3 heterocycles. The van der Waals surface area contributed by atoms with E-state index in [2.05, 4.69) is 22.5 Å². The number of unbranched alkanes of at least 4 members (excludes halogenated alkanes) is 1. The number of carbonyl (C=O) groups is 3. The highest BCUT2D eigenvalue weighted by molar-refractivity contribution is 6.00. The van der Waals surface area contributed by atoms with Crippen LogP contribution in [0.15, 0.2) is 48.5 Å². The number of hydrogen-bond acceptors (Lipinski definition) is 7. The molecular formula is C36H50N4O6. The molecular weight excluding hydrogens is 584 g/mol. The Morgan fingerprint density at radius 2 is 1.67 bits per heavy atom. The molecule has 0 saturated carbocycles. The van der Waals surface area contributed by atoms with Gasteiger partial charge in [0.05, 0.1) is 6.10 Å². The van der Waals surface area contributed by atoms with E-state index in [1.165, 1.54) is 0 Å². The highest BCUT2D eigenvalue weighted by atomic mass is 16.5. The molecule has 3 saturated heterocycles. The first kappa shape index (κ1) is 33.9. The van der Waals surface area contributed by atoms with Crippen LogP contribution in [-0.2, 0) is 25.7 Å². The van der Waals surface area contributed by atoms with E-state index in [0.29, 0.717) is 76.6 Å². The van der Waals surface area contributed by atoms with Gasteiger partial charge in [-0.2, -0.15) is 0 Å². The van der Waals surface area contributed by atoms with Crippen molar-refractivity contribution in [1.82, 2.24) is 15.1 Å². The lowest BCUT2D eigenvalue weighted by atomic mass is 9.79. The van der Waals surface area contributed by atoms with Crippen molar-refractivity contribution < 1.29 is 29.0 Å². The fourth-order valence-electron chi connectivity index (χ4n) is 6.86. The van der Waals surface area contributed by atoms with Crippen LogP contribution in [-0.4, -0.2) is 83.2 Å². The van der Waals surface area contributed by atoms with E-state index in [1.807, 2.05) is 62.4 Å². The number of piperidine rings is 1. The highest BCUT2D eigenvalue weighted by Gasteiger charge is 2.55. The molecule has 3 amide bonds. The molecule has 46 heavy (non-hydrogen) atoms. The Bertz CT molecular complexity index is 1320. The molecule has 3 aliphatic heterocycles. The first-order valence-corrected chi connectivity index (χ1v) is 17.0. The molecule has 1 spiro atoms. The van der Waals surface area contributed by atoms with E-state index in [9.17, 15) is 19.5 Å². The first-order chi connectivity index (χ1) is 22.2. The second-order valence-electron chi connectivity index (χ2n) is 13.5. The molecule has 0 aliphatic carbocycles. The average molecular weight is 635 g/mol. The highest BCUT2D eigenvalue weighted by Crippen LogP contribution is 2.36. The lowest BCUT2D eigenvalue weighted by molar-refractivity contribution is -0.166. The van der Waals surface area contributed by atoms with Gasteiger partial charge in [0.1, 0.15) is 23.1 Å². The molecule has 2 aromatic carbocycles. The Morgan fingerprint density at radius 1 is 1.04 bits per heavy atom. The fraction of sp³-hybridized carbons (Fsp3) is 0.583. The summed E-state index contributed by atoms with van der Waals surface area (Å²) in [5.41, 5.74) is 1.00. The second kappa shape index (κ2) is 15.4. The summed E-state index contributed by atoms with van der Waals surface area (Å²) in [6, 6.07) is 14.4. The molecule has 3 aliphatic rings. The molecule has 3 fully saturated rings. The van der Waals surface area contributed by atoms with Gasteiger partial charge in [-0.15, -0.1) is 0 Å². The number of nitrogens with zero attached hydrogens (tertiary/aromatic N) is 2. The summed E-state index contributed by atoms with van der Waals surface area (Å²) in [7, 11) is 0. The summed E-state index contributed by atoms with van der Waals surface area (Å²) in [5.74, 6) is 1.37. The molecule has 0 aromatic heterocycles. The molecule has 2 aromatic rings. The maximum absolute atomic E-state index is 13.8. The number of hydrogen-bond donors (Lipinski definition) is 3. The quantitative estimate of drug-likeness (QED) is 0.309. The summed E-state index contributed by atoms with van der Waals surface area (Å²) in [6.45, 7) is 9.89. The number of carbonyl (C=O) groups excluding carboxylic acids is 3. The second-order valence-corrected chi connectivity index (χ2v) is 13.5. The van der Waals surface area contributed by atoms with Gasteiger partial charge in [0.2, 0.25) is 17.7 Å². The molecule has 3 N–H and O–H groups in total. The van der Waals surface area contributed by atoms with E-state index in [0.717, 1.165) is 36.4 Å². The number of anilines is 1. The summed E-state index contributed by atoms with van der Waals surface area (Å²) < 4.78 is 11.5. The smallest absolute Gasteiger partial charge is 0.248 e. The van der Waals surface area contributed by atoms with Gasteiger partial charge < -0.3 is 30.1 Å². The van der Waals surface area contributed by atoms with Crippen LogP contribution in [0, 0.1) is 11.8 Å². The zero-order valence-electron chi connectivity index (χ0n) is 27.5. The maximum atomic E-state index is 13.8. The SMILES string of the molecule is CCCCN1C(=O)[C@@H]([C@H](O)C2CCOCC2)NC(=O)C12CCN(Cc1ccc(Oc3ccc(NC(=O)CC(C)C)cc3)cc1)CC2. The summed E-state index contributed by atoms with van der Waals surface area (Å²) >= 11 is 0. The van der Waals surface area contributed by atoms with Gasteiger partial charge in [-0.05, 0) is 85.9 Å². The zero-order valence-corrected chi connectivity index (χ0v) is 27.5. The Balaban J connectivity index is 1.16. The lowest BCUT2D eigenvalue weighted by Crippen LogP contribution is -2.75. The number of amides is 3. The van der Waals surface area contributed by atoms with Gasteiger partial charge >= 0.3 is 0 Å². The van der Waals surface area contributed by atoms with Crippen LogP contribution in [0.1, 0.15) is 71.3 Å².